The number of nitrogens with one attached hydrogen (secondary N) is 2. The lowest BCUT2D eigenvalue weighted by molar-refractivity contribution is -0.127. The fourth-order valence-corrected chi connectivity index (χ4v) is 4.06. The highest BCUT2D eigenvalue weighted by Crippen LogP contribution is 2.22. The SMILES string of the molecule is Cc1nn(C)c(C)c1NC(=O)C(C)N1CCC(C(=O)NCCc2ccccc2F)CC1. The van der Waals surface area contributed by atoms with Crippen molar-refractivity contribution >= 4 is 17.5 Å². The number of carbonyl (C=O) groups is 2. The summed E-state index contributed by atoms with van der Waals surface area (Å²) in [6.07, 6.45) is 1.88. The first-order chi connectivity index (χ1) is 14.8. The van der Waals surface area contributed by atoms with Gasteiger partial charge in [-0.15, -0.1) is 0 Å². The van der Waals surface area contributed by atoms with Crippen molar-refractivity contribution in [3.05, 3.63) is 47.0 Å². The number of hydrogen-bond acceptors (Lipinski definition) is 4. The van der Waals surface area contributed by atoms with E-state index in [4.69, 9.17) is 0 Å². The molecule has 0 aliphatic carbocycles. The van der Waals surface area contributed by atoms with Crippen molar-refractivity contribution in [2.45, 2.75) is 46.1 Å². The second-order valence-electron chi connectivity index (χ2n) is 8.28. The van der Waals surface area contributed by atoms with Gasteiger partial charge in [0, 0.05) is 19.5 Å². The first-order valence-electron chi connectivity index (χ1n) is 10.8. The molecule has 1 aliphatic rings. The van der Waals surface area contributed by atoms with E-state index in [1.807, 2.05) is 27.8 Å². The van der Waals surface area contributed by atoms with Crippen LogP contribution in [-0.2, 0) is 23.1 Å². The summed E-state index contributed by atoms with van der Waals surface area (Å²) in [4.78, 5) is 27.3. The predicted octanol–water partition coefficient (Wildman–Crippen LogP) is 2.57. The van der Waals surface area contributed by atoms with E-state index in [-0.39, 0.29) is 29.6 Å². The molecule has 1 unspecified atom stereocenters. The number of anilines is 1. The van der Waals surface area contributed by atoms with E-state index in [2.05, 4.69) is 20.6 Å². The molecule has 2 amide bonds. The Morgan fingerprint density at radius 3 is 2.52 bits per heavy atom. The molecule has 2 aromatic rings. The maximum Gasteiger partial charge on any atom is 0.241 e. The van der Waals surface area contributed by atoms with Crippen molar-refractivity contribution in [3.8, 4) is 0 Å². The van der Waals surface area contributed by atoms with Crippen LogP contribution in [0.15, 0.2) is 24.3 Å². The van der Waals surface area contributed by atoms with E-state index in [1.54, 1.807) is 22.9 Å². The Bertz CT molecular complexity index is 934. The largest absolute Gasteiger partial charge is 0.356 e. The highest BCUT2D eigenvalue weighted by molar-refractivity contribution is 5.95. The van der Waals surface area contributed by atoms with Gasteiger partial charge in [-0.05, 0) is 64.8 Å². The molecule has 7 nitrogen and oxygen atoms in total. The summed E-state index contributed by atoms with van der Waals surface area (Å²) >= 11 is 0. The first kappa shape index (κ1) is 22.9. The Morgan fingerprint density at radius 1 is 1.23 bits per heavy atom. The molecule has 1 aromatic heterocycles. The van der Waals surface area contributed by atoms with Gasteiger partial charge in [-0.2, -0.15) is 5.10 Å². The normalized spacial score (nSPS) is 16.2. The summed E-state index contributed by atoms with van der Waals surface area (Å²) in [6, 6.07) is 6.33. The summed E-state index contributed by atoms with van der Waals surface area (Å²) in [5.41, 5.74) is 3.09. The molecule has 0 saturated carbocycles. The van der Waals surface area contributed by atoms with E-state index < -0.39 is 0 Å². The van der Waals surface area contributed by atoms with Gasteiger partial charge in [0.05, 0.1) is 23.1 Å². The summed E-state index contributed by atoms with van der Waals surface area (Å²) in [6.45, 7) is 7.49. The Labute approximate surface area is 183 Å². The maximum atomic E-state index is 13.7. The van der Waals surface area contributed by atoms with Crippen molar-refractivity contribution in [2.24, 2.45) is 13.0 Å². The van der Waals surface area contributed by atoms with E-state index >= 15 is 0 Å². The van der Waals surface area contributed by atoms with Gasteiger partial charge in [0.15, 0.2) is 0 Å². The molecule has 8 heteroatoms. The minimum Gasteiger partial charge on any atom is -0.356 e. The molecule has 2 N–H and O–H groups in total. The molecule has 168 valence electrons. The van der Waals surface area contributed by atoms with E-state index in [1.165, 1.54) is 6.07 Å². The monoisotopic (exact) mass is 429 g/mol. The van der Waals surface area contributed by atoms with Gasteiger partial charge in [0.2, 0.25) is 11.8 Å². The van der Waals surface area contributed by atoms with Crippen LogP contribution in [0.4, 0.5) is 10.1 Å². The smallest absolute Gasteiger partial charge is 0.241 e. The standard InChI is InChI=1S/C23H32FN5O2/c1-15-21(16(2)28(4)27-15)26-22(30)17(3)29-13-10-19(11-14-29)23(31)25-12-9-18-7-5-6-8-20(18)24/h5-8,17,19H,9-14H2,1-4H3,(H,25,31)(H,26,30). The van der Waals surface area contributed by atoms with E-state index in [0.29, 0.717) is 44.5 Å². The molecule has 3 rings (SSSR count). The first-order valence-corrected chi connectivity index (χ1v) is 10.8. The Hall–Kier alpha value is -2.74. The zero-order valence-corrected chi connectivity index (χ0v) is 18.7. The van der Waals surface area contributed by atoms with Gasteiger partial charge in [0.25, 0.3) is 0 Å². The second-order valence-corrected chi connectivity index (χ2v) is 8.28. The molecule has 1 atom stereocenters. The molecule has 2 heterocycles. The molecule has 0 spiro atoms. The number of amides is 2. The third kappa shape index (κ3) is 5.50. The Kier molecular flexibility index (Phi) is 7.43. The van der Waals surface area contributed by atoms with Crippen LogP contribution in [0.3, 0.4) is 0 Å². The quantitative estimate of drug-likeness (QED) is 0.709. The van der Waals surface area contributed by atoms with E-state index in [9.17, 15) is 14.0 Å². The van der Waals surface area contributed by atoms with Gasteiger partial charge in [-0.1, -0.05) is 18.2 Å². The predicted molar refractivity (Wildman–Crippen MR) is 118 cm³/mol. The fourth-order valence-electron chi connectivity index (χ4n) is 4.06. The number of hydrogen-bond donors (Lipinski definition) is 2. The number of rotatable bonds is 7. The average Bonchev–Trinajstić information content (AvgIpc) is 3.00. The van der Waals surface area contributed by atoms with Crippen LogP contribution in [0.25, 0.3) is 0 Å². The fraction of sp³-hybridized carbons (Fsp3) is 0.522. The molecule has 31 heavy (non-hydrogen) atoms. The molecule has 1 saturated heterocycles. The lowest BCUT2D eigenvalue weighted by atomic mass is 9.94. The number of carbonyl (C=O) groups excluding carboxylic acids is 2. The highest BCUT2D eigenvalue weighted by atomic mass is 19.1. The number of piperidine rings is 1. The van der Waals surface area contributed by atoms with Crippen molar-refractivity contribution in [1.29, 1.82) is 0 Å². The third-order valence-electron chi connectivity index (χ3n) is 6.24. The maximum absolute atomic E-state index is 13.7. The van der Waals surface area contributed by atoms with Crippen LogP contribution >= 0.6 is 0 Å². The molecule has 0 bridgehead atoms. The average molecular weight is 430 g/mol. The van der Waals surface area contributed by atoms with Crippen molar-refractivity contribution in [1.82, 2.24) is 20.0 Å². The van der Waals surface area contributed by atoms with Crippen LogP contribution in [0.5, 0.6) is 0 Å². The van der Waals surface area contributed by atoms with Gasteiger partial charge < -0.3 is 10.6 Å². The third-order valence-corrected chi connectivity index (χ3v) is 6.24. The lowest BCUT2D eigenvalue weighted by Gasteiger charge is -2.34. The van der Waals surface area contributed by atoms with Crippen LogP contribution in [0, 0.1) is 25.6 Å². The number of nitrogens with zero attached hydrogens (tertiary/aromatic N) is 3. The number of aryl methyl sites for hydroxylation is 2. The molecule has 0 radical (unpaired) electrons. The lowest BCUT2D eigenvalue weighted by Crippen LogP contribution is -2.48. The summed E-state index contributed by atoms with van der Waals surface area (Å²) < 4.78 is 15.4. The highest BCUT2D eigenvalue weighted by Gasteiger charge is 2.30. The minimum atomic E-state index is -0.288. The van der Waals surface area contributed by atoms with Crippen LogP contribution in [0.1, 0.15) is 36.7 Å². The zero-order chi connectivity index (χ0) is 22.5. The topological polar surface area (TPSA) is 79.3 Å². The number of benzene rings is 1. The van der Waals surface area contributed by atoms with E-state index in [0.717, 1.165) is 17.1 Å². The summed E-state index contributed by atoms with van der Waals surface area (Å²) in [7, 11) is 1.85. The van der Waals surface area contributed by atoms with Crippen LogP contribution < -0.4 is 10.6 Å². The van der Waals surface area contributed by atoms with Crippen LogP contribution in [-0.4, -0.2) is 52.2 Å². The zero-order valence-electron chi connectivity index (χ0n) is 18.7. The van der Waals surface area contributed by atoms with Gasteiger partial charge >= 0.3 is 0 Å². The molecular weight excluding hydrogens is 397 g/mol. The minimum absolute atomic E-state index is 0.00898. The number of aromatic nitrogens is 2. The van der Waals surface area contributed by atoms with Crippen molar-refractivity contribution in [3.63, 3.8) is 0 Å². The van der Waals surface area contributed by atoms with Crippen LogP contribution in [0.2, 0.25) is 0 Å². The van der Waals surface area contributed by atoms with Crippen molar-refractivity contribution < 1.29 is 14.0 Å². The summed E-state index contributed by atoms with van der Waals surface area (Å²) in [5.74, 6) is -0.370. The summed E-state index contributed by atoms with van der Waals surface area (Å²) in [5, 5.41) is 10.3. The molecule has 1 fully saturated rings. The van der Waals surface area contributed by atoms with Gasteiger partial charge in [-0.25, -0.2) is 4.39 Å². The molecular formula is C23H32FN5O2. The molecule has 1 aliphatic heterocycles. The Morgan fingerprint density at radius 2 is 1.90 bits per heavy atom. The second kappa shape index (κ2) is 10.0. The number of halogens is 1. The van der Waals surface area contributed by atoms with Gasteiger partial charge in [0.1, 0.15) is 5.82 Å². The Balaban J connectivity index is 1.44. The molecule has 1 aromatic carbocycles. The van der Waals surface area contributed by atoms with Crippen molar-refractivity contribution in [2.75, 3.05) is 25.0 Å². The number of likely N-dealkylation sites (tertiary alicyclic amines) is 1. The van der Waals surface area contributed by atoms with Gasteiger partial charge in [-0.3, -0.25) is 19.2 Å².